The number of rotatable bonds is 1. The predicted molar refractivity (Wildman–Crippen MR) is 75.5 cm³/mol. The fraction of sp³-hybridized carbons (Fsp3) is 0.0714. The van der Waals surface area contributed by atoms with Gasteiger partial charge in [-0.25, -0.2) is 9.37 Å². The first-order chi connectivity index (χ1) is 9.08. The van der Waals surface area contributed by atoms with E-state index in [0.717, 1.165) is 11.0 Å². The van der Waals surface area contributed by atoms with Gasteiger partial charge < -0.3 is 10.3 Å². The minimum atomic E-state index is -0.358. The zero-order valence-corrected chi connectivity index (χ0v) is 10.9. The molecule has 0 bridgehead atoms. The second kappa shape index (κ2) is 4.24. The smallest absolute Gasteiger partial charge is 0.143 e. The molecule has 0 amide bonds. The Labute approximate surface area is 114 Å². The van der Waals surface area contributed by atoms with Crippen molar-refractivity contribution in [3.8, 4) is 11.4 Å². The van der Waals surface area contributed by atoms with Crippen LogP contribution in [0.15, 0.2) is 36.4 Å². The normalized spacial score (nSPS) is 11.1. The summed E-state index contributed by atoms with van der Waals surface area (Å²) >= 11 is 6.15. The van der Waals surface area contributed by atoms with Crippen LogP contribution in [0.25, 0.3) is 22.4 Å². The molecular formula is C14H11ClFN3. The van der Waals surface area contributed by atoms with Crippen LogP contribution in [0.3, 0.4) is 0 Å². The number of hydrogen-bond donors (Lipinski definition) is 1. The summed E-state index contributed by atoms with van der Waals surface area (Å²) in [6.45, 7) is 0. The largest absolute Gasteiger partial charge is 0.399 e. The van der Waals surface area contributed by atoms with Crippen molar-refractivity contribution in [2.45, 2.75) is 0 Å². The quantitative estimate of drug-likeness (QED) is 0.690. The van der Waals surface area contributed by atoms with Gasteiger partial charge in [-0.2, -0.15) is 0 Å². The average molecular weight is 276 g/mol. The summed E-state index contributed by atoms with van der Waals surface area (Å²) in [5.41, 5.74) is 8.08. The molecule has 3 aromatic rings. The molecule has 0 atom stereocenters. The molecule has 0 unspecified atom stereocenters. The summed E-state index contributed by atoms with van der Waals surface area (Å²) in [4.78, 5) is 4.43. The maximum absolute atomic E-state index is 13.9. The zero-order valence-electron chi connectivity index (χ0n) is 10.2. The summed E-state index contributed by atoms with van der Waals surface area (Å²) < 4.78 is 15.7. The minimum absolute atomic E-state index is 0.358. The third-order valence-electron chi connectivity index (χ3n) is 3.08. The van der Waals surface area contributed by atoms with Crippen LogP contribution in [0.2, 0.25) is 5.02 Å². The van der Waals surface area contributed by atoms with Gasteiger partial charge >= 0.3 is 0 Å². The van der Waals surface area contributed by atoms with Gasteiger partial charge in [0.25, 0.3) is 0 Å². The molecule has 0 spiro atoms. The molecule has 3 nitrogen and oxygen atoms in total. The molecule has 19 heavy (non-hydrogen) atoms. The highest BCUT2D eigenvalue weighted by atomic mass is 35.5. The Bertz CT molecular complexity index is 780. The fourth-order valence-corrected chi connectivity index (χ4v) is 2.47. The van der Waals surface area contributed by atoms with E-state index >= 15 is 0 Å². The lowest BCUT2D eigenvalue weighted by atomic mass is 10.2. The van der Waals surface area contributed by atoms with Gasteiger partial charge in [-0.15, -0.1) is 0 Å². The third kappa shape index (κ3) is 1.85. The summed E-state index contributed by atoms with van der Waals surface area (Å²) in [6, 6.07) is 9.88. The van der Waals surface area contributed by atoms with Gasteiger partial charge in [-0.05, 0) is 30.3 Å². The molecule has 0 aliphatic heterocycles. The topological polar surface area (TPSA) is 43.8 Å². The van der Waals surface area contributed by atoms with Crippen molar-refractivity contribution in [2.24, 2.45) is 7.05 Å². The molecule has 2 aromatic carbocycles. The van der Waals surface area contributed by atoms with Gasteiger partial charge in [0.2, 0.25) is 0 Å². The summed E-state index contributed by atoms with van der Waals surface area (Å²) in [6.07, 6.45) is 0. The van der Waals surface area contributed by atoms with Gasteiger partial charge in [0.1, 0.15) is 11.6 Å². The van der Waals surface area contributed by atoms with E-state index in [1.807, 2.05) is 12.1 Å². The first-order valence-electron chi connectivity index (χ1n) is 5.74. The number of nitrogens with zero attached hydrogens (tertiary/aromatic N) is 2. The molecule has 0 fully saturated rings. The molecule has 96 valence electrons. The van der Waals surface area contributed by atoms with Crippen molar-refractivity contribution in [1.82, 2.24) is 9.55 Å². The number of nitrogens with two attached hydrogens (primary N) is 1. The molecule has 0 saturated carbocycles. The number of halogens is 2. The number of aryl methyl sites for hydroxylation is 1. The van der Waals surface area contributed by atoms with Crippen molar-refractivity contribution in [1.29, 1.82) is 0 Å². The highest BCUT2D eigenvalue weighted by molar-refractivity contribution is 6.35. The number of fused-ring (bicyclic) bond motifs is 1. The molecule has 0 saturated heterocycles. The van der Waals surface area contributed by atoms with Crippen molar-refractivity contribution < 1.29 is 4.39 Å². The Morgan fingerprint density at radius 3 is 2.79 bits per heavy atom. The highest BCUT2D eigenvalue weighted by Gasteiger charge is 2.15. The second-order valence-electron chi connectivity index (χ2n) is 4.34. The van der Waals surface area contributed by atoms with Crippen LogP contribution in [0, 0.1) is 5.82 Å². The summed E-state index contributed by atoms with van der Waals surface area (Å²) in [5, 5.41) is 0.586. The number of anilines is 1. The predicted octanol–water partition coefficient (Wildman–Crippen LogP) is 3.62. The molecule has 2 N–H and O–H groups in total. The monoisotopic (exact) mass is 275 g/mol. The SMILES string of the molecule is Cn1c(-c2cc(N)ccc2F)nc2cccc(Cl)c21. The van der Waals surface area contributed by atoms with Crippen LogP contribution < -0.4 is 5.73 Å². The van der Waals surface area contributed by atoms with Gasteiger partial charge in [0.15, 0.2) is 0 Å². The van der Waals surface area contributed by atoms with E-state index in [0.29, 0.717) is 22.1 Å². The number of nitrogen functional groups attached to an aromatic ring is 1. The van der Waals surface area contributed by atoms with E-state index in [1.54, 1.807) is 23.7 Å². The molecule has 3 rings (SSSR count). The van der Waals surface area contributed by atoms with E-state index in [2.05, 4.69) is 4.98 Å². The Kier molecular flexibility index (Phi) is 2.68. The molecule has 1 heterocycles. The van der Waals surface area contributed by atoms with Crippen molar-refractivity contribution in [3.63, 3.8) is 0 Å². The molecule has 0 radical (unpaired) electrons. The van der Waals surface area contributed by atoms with E-state index in [1.165, 1.54) is 12.1 Å². The van der Waals surface area contributed by atoms with E-state index in [9.17, 15) is 4.39 Å². The second-order valence-corrected chi connectivity index (χ2v) is 4.75. The number of para-hydroxylation sites is 1. The maximum atomic E-state index is 13.9. The Balaban J connectivity index is 2.34. The molecule has 0 aliphatic rings. The highest BCUT2D eigenvalue weighted by Crippen LogP contribution is 2.30. The Hall–Kier alpha value is -2.07. The van der Waals surface area contributed by atoms with Crippen LogP contribution in [-0.4, -0.2) is 9.55 Å². The van der Waals surface area contributed by atoms with E-state index < -0.39 is 0 Å². The van der Waals surface area contributed by atoms with Crippen LogP contribution in [0.5, 0.6) is 0 Å². The lowest BCUT2D eigenvalue weighted by molar-refractivity contribution is 0.629. The van der Waals surface area contributed by atoms with Crippen LogP contribution in [0.1, 0.15) is 0 Å². The average Bonchev–Trinajstić information content (AvgIpc) is 2.71. The maximum Gasteiger partial charge on any atom is 0.143 e. The molecule has 1 aromatic heterocycles. The Morgan fingerprint density at radius 2 is 2.05 bits per heavy atom. The van der Waals surface area contributed by atoms with Crippen LogP contribution >= 0.6 is 11.6 Å². The lowest BCUT2D eigenvalue weighted by Gasteiger charge is -2.05. The summed E-state index contributed by atoms with van der Waals surface area (Å²) in [5.74, 6) is 0.150. The third-order valence-corrected chi connectivity index (χ3v) is 3.38. The molecule has 0 aliphatic carbocycles. The van der Waals surface area contributed by atoms with Crippen molar-refractivity contribution in [2.75, 3.05) is 5.73 Å². The number of imidazole rings is 1. The lowest BCUT2D eigenvalue weighted by Crippen LogP contribution is -1.96. The van der Waals surface area contributed by atoms with E-state index in [4.69, 9.17) is 17.3 Å². The van der Waals surface area contributed by atoms with Gasteiger partial charge in [0.05, 0.1) is 21.6 Å². The van der Waals surface area contributed by atoms with E-state index in [-0.39, 0.29) is 5.82 Å². The van der Waals surface area contributed by atoms with Gasteiger partial charge in [-0.3, -0.25) is 0 Å². The van der Waals surface area contributed by atoms with Crippen molar-refractivity contribution in [3.05, 3.63) is 47.2 Å². The minimum Gasteiger partial charge on any atom is -0.399 e. The number of aromatic nitrogens is 2. The van der Waals surface area contributed by atoms with Crippen molar-refractivity contribution >= 4 is 28.3 Å². The number of benzene rings is 2. The zero-order chi connectivity index (χ0) is 13.6. The first kappa shape index (κ1) is 12.0. The van der Waals surface area contributed by atoms with Gasteiger partial charge in [0, 0.05) is 12.7 Å². The molecule has 5 heteroatoms. The summed E-state index contributed by atoms with van der Waals surface area (Å²) in [7, 11) is 1.80. The van der Waals surface area contributed by atoms with Crippen LogP contribution in [-0.2, 0) is 7.05 Å². The standard InChI is InChI=1S/C14H11ClFN3/c1-19-13-10(15)3-2-4-12(13)18-14(19)9-7-8(17)5-6-11(9)16/h2-7H,17H2,1H3. The van der Waals surface area contributed by atoms with Gasteiger partial charge in [-0.1, -0.05) is 17.7 Å². The first-order valence-corrected chi connectivity index (χ1v) is 6.12. The molecular weight excluding hydrogens is 265 g/mol. The number of hydrogen-bond acceptors (Lipinski definition) is 2. The van der Waals surface area contributed by atoms with Crippen LogP contribution in [0.4, 0.5) is 10.1 Å². The Morgan fingerprint density at radius 1 is 1.26 bits per heavy atom. The fourth-order valence-electron chi connectivity index (χ4n) is 2.18.